The van der Waals surface area contributed by atoms with Crippen molar-refractivity contribution in [1.29, 1.82) is 0 Å². The van der Waals surface area contributed by atoms with E-state index in [-0.39, 0.29) is 11.5 Å². The third kappa shape index (κ3) is 2.90. The van der Waals surface area contributed by atoms with Gasteiger partial charge in [-0.1, -0.05) is 37.8 Å². The zero-order chi connectivity index (χ0) is 16.4. The Morgan fingerprint density at radius 1 is 0.696 bits per heavy atom. The van der Waals surface area contributed by atoms with Crippen LogP contribution in [-0.2, 0) is 5.41 Å². The van der Waals surface area contributed by atoms with Crippen LogP contribution in [0.15, 0.2) is 36.4 Å². The molecule has 0 aromatic heterocycles. The molecule has 4 heteroatoms. The fourth-order valence-electron chi connectivity index (χ4n) is 3.69. The van der Waals surface area contributed by atoms with E-state index >= 15 is 0 Å². The Morgan fingerprint density at radius 3 is 1.52 bits per heavy atom. The Bertz CT molecular complexity index is 651. The lowest BCUT2D eigenvalue weighted by Crippen LogP contribution is -2.27. The first-order chi connectivity index (χ1) is 11.0. The molecule has 0 atom stereocenters. The Labute approximate surface area is 134 Å². The van der Waals surface area contributed by atoms with Crippen LogP contribution in [-0.4, -0.2) is 10.2 Å². The van der Waals surface area contributed by atoms with E-state index in [1.807, 2.05) is 0 Å². The van der Waals surface area contributed by atoms with Crippen LogP contribution < -0.4 is 0 Å². The topological polar surface area (TPSA) is 40.5 Å². The Morgan fingerprint density at radius 2 is 1.13 bits per heavy atom. The smallest absolute Gasteiger partial charge is 0.165 e. The minimum Gasteiger partial charge on any atom is -0.505 e. The number of phenols is 2. The molecule has 0 amide bonds. The summed E-state index contributed by atoms with van der Waals surface area (Å²) < 4.78 is 27.8. The standard InChI is InChI=1S/C19H20F2O2/c20-15-11-13(5-7-17(15)22)19(9-3-1-2-4-10-19)14-6-8-18(23)16(21)12-14/h5-8,11-12,22-23H,1-4,9-10H2. The molecular formula is C19H20F2O2. The summed E-state index contributed by atoms with van der Waals surface area (Å²) in [6, 6.07) is 8.85. The summed E-state index contributed by atoms with van der Waals surface area (Å²) in [5.41, 5.74) is 1.01. The predicted molar refractivity (Wildman–Crippen MR) is 84.6 cm³/mol. The highest BCUT2D eigenvalue weighted by molar-refractivity contribution is 5.44. The first-order valence-corrected chi connectivity index (χ1v) is 8.01. The molecule has 0 spiro atoms. The highest BCUT2D eigenvalue weighted by atomic mass is 19.1. The highest BCUT2D eigenvalue weighted by Crippen LogP contribution is 2.45. The molecule has 1 fully saturated rings. The van der Waals surface area contributed by atoms with E-state index in [1.165, 1.54) is 24.3 Å². The number of rotatable bonds is 2. The number of benzene rings is 2. The van der Waals surface area contributed by atoms with Crippen LogP contribution >= 0.6 is 0 Å². The SMILES string of the molecule is Oc1ccc(C2(c3ccc(O)c(F)c3)CCCCCC2)cc1F. The van der Waals surface area contributed by atoms with E-state index in [0.29, 0.717) is 0 Å². The van der Waals surface area contributed by atoms with Gasteiger partial charge >= 0.3 is 0 Å². The van der Waals surface area contributed by atoms with Gasteiger partial charge in [-0.3, -0.25) is 0 Å². The first kappa shape index (κ1) is 15.8. The largest absolute Gasteiger partial charge is 0.505 e. The van der Waals surface area contributed by atoms with Gasteiger partial charge in [0.05, 0.1) is 0 Å². The second-order valence-corrected chi connectivity index (χ2v) is 6.33. The first-order valence-electron chi connectivity index (χ1n) is 8.01. The Hall–Kier alpha value is -2.10. The molecule has 0 saturated heterocycles. The van der Waals surface area contributed by atoms with Crippen LogP contribution in [0.25, 0.3) is 0 Å². The summed E-state index contributed by atoms with van der Waals surface area (Å²) in [6.07, 6.45) is 5.74. The van der Waals surface area contributed by atoms with Crippen molar-refractivity contribution < 1.29 is 19.0 Å². The zero-order valence-corrected chi connectivity index (χ0v) is 12.9. The summed E-state index contributed by atoms with van der Waals surface area (Å²) in [4.78, 5) is 0. The van der Waals surface area contributed by atoms with Gasteiger partial charge in [-0.25, -0.2) is 8.78 Å². The van der Waals surface area contributed by atoms with Gasteiger partial charge in [0, 0.05) is 5.41 Å². The van der Waals surface area contributed by atoms with E-state index in [2.05, 4.69) is 0 Å². The van der Waals surface area contributed by atoms with Crippen molar-refractivity contribution in [3.63, 3.8) is 0 Å². The van der Waals surface area contributed by atoms with E-state index in [1.54, 1.807) is 12.1 Å². The molecule has 2 aromatic carbocycles. The van der Waals surface area contributed by atoms with E-state index in [4.69, 9.17) is 0 Å². The van der Waals surface area contributed by atoms with Crippen molar-refractivity contribution in [2.75, 3.05) is 0 Å². The quantitative estimate of drug-likeness (QED) is 0.764. The number of halogens is 2. The molecule has 0 aliphatic heterocycles. The molecule has 0 unspecified atom stereocenters. The minimum atomic E-state index is -0.662. The monoisotopic (exact) mass is 318 g/mol. The summed E-state index contributed by atoms with van der Waals surface area (Å²) in [5.74, 6) is -2.08. The maximum atomic E-state index is 13.9. The molecule has 23 heavy (non-hydrogen) atoms. The van der Waals surface area contributed by atoms with Crippen molar-refractivity contribution in [2.45, 2.75) is 43.9 Å². The van der Waals surface area contributed by atoms with Crippen LogP contribution in [0.1, 0.15) is 49.7 Å². The molecule has 2 aromatic rings. The third-order valence-corrected chi connectivity index (χ3v) is 4.96. The lowest BCUT2D eigenvalue weighted by Gasteiger charge is -2.34. The van der Waals surface area contributed by atoms with Crippen molar-refractivity contribution in [3.8, 4) is 11.5 Å². The lowest BCUT2D eigenvalue weighted by atomic mass is 9.69. The van der Waals surface area contributed by atoms with Gasteiger partial charge in [0.1, 0.15) is 0 Å². The van der Waals surface area contributed by atoms with Gasteiger partial charge < -0.3 is 10.2 Å². The van der Waals surface area contributed by atoms with Crippen LogP contribution in [0.3, 0.4) is 0 Å². The molecule has 3 rings (SSSR count). The number of aromatic hydroxyl groups is 2. The van der Waals surface area contributed by atoms with Gasteiger partial charge in [-0.15, -0.1) is 0 Å². The fraction of sp³-hybridized carbons (Fsp3) is 0.368. The number of hydrogen-bond acceptors (Lipinski definition) is 2. The number of phenolic OH excluding ortho intramolecular Hbond substituents is 2. The van der Waals surface area contributed by atoms with Crippen LogP contribution in [0, 0.1) is 11.6 Å². The third-order valence-electron chi connectivity index (χ3n) is 4.96. The molecule has 1 saturated carbocycles. The molecule has 2 N–H and O–H groups in total. The Kier molecular flexibility index (Phi) is 4.24. The Balaban J connectivity index is 2.16. The molecular weight excluding hydrogens is 298 g/mol. The average Bonchev–Trinajstić information content (AvgIpc) is 2.79. The molecule has 1 aliphatic rings. The second-order valence-electron chi connectivity index (χ2n) is 6.33. The van der Waals surface area contributed by atoms with Gasteiger partial charge in [0.15, 0.2) is 23.1 Å². The van der Waals surface area contributed by atoms with Crippen molar-refractivity contribution >= 4 is 0 Å². The van der Waals surface area contributed by atoms with Crippen LogP contribution in [0.5, 0.6) is 11.5 Å². The van der Waals surface area contributed by atoms with Crippen molar-refractivity contribution in [2.24, 2.45) is 0 Å². The van der Waals surface area contributed by atoms with Gasteiger partial charge in [-0.2, -0.15) is 0 Å². The van der Waals surface area contributed by atoms with E-state index < -0.39 is 17.0 Å². The average molecular weight is 318 g/mol. The lowest BCUT2D eigenvalue weighted by molar-refractivity contribution is 0.412. The summed E-state index contributed by atoms with van der Waals surface area (Å²) in [5, 5.41) is 18.9. The summed E-state index contributed by atoms with van der Waals surface area (Å²) >= 11 is 0. The molecule has 122 valence electrons. The normalized spacial score (nSPS) is 17.7. The highest BCUT2D eigenvalue weighted by Gasteiger charge is 2.35. The van der Waals surface area contributed by atoms with Crippen molar-refractivity contribution in [3.05, 3.63) is 59.2 Å². The zero-order valence-electron chi connectivity index (χ0n) is 12.9. The maximum Gasteiger partial charge on any atom is 0.165 e. The minimum absolute atomic E-state index is 0.380. The predicted octanol–water partition coefficient (Wildman–Crippen LogP) is 5.02. The molecule has 2 nitrogen and oxygen atoms in total. The van der Waals surface area contributed by atoms with Crippen LogP contribution in [0.4, 0.5) is 8.78 Å². The van der Waals surface area contributed by atoms with Gasteiger partial charge in [-0.05, 0) is 48.2 Å². The second kappa shape index (κ2) is 6.19. The van der Waals surface area contributed by atoms with Crippen molar-refractivity contribution in [1.82, 2.24) is 0 Å². The molecule has 0 bridgehead atoms. The van der Waals surface area contributed by atoms with Gasteiger partial charge in [0.2, 0.25) is 0 Å². The molecule has 0 radical (unpaired) electrons. The number of hydrogen-bond donors (Lipinski definition) is 2. The van der Waals surface area contributed by atoms with Gasteiger partial charge in [0.25, 0.3) is 0 Å². The maximum absolute atomic E-state index is 13.9. The van der Waals surface area contributed by atoms with E-state index in [0.717, 1.165) is 49.7 Å². The molecule has 0 heterocycles. The summed E-state index contributed by atoms with van der Waals surface area (Å²) in [6.45, 7) is 0. The van der Waals surface area contributed by atoms with Crippen LogP contribution in [0.2, 0.25) is 0 Å². The fourth-order valence-corrected chi connectivity index (χ4v) is 3.69. The summed E-state index contributed by atoms with van der Waals surface area (Å²) in [7, 11) is 0. The molecule has 1 aliphatic carbocycles. The van der Waals surface area contributed by atoms with E-state index in [9.17, 15) is 19.0 Å².